The van der Waals surface area contributed by atoms with Crippen LogP contribution in [0.3, 0.4) is 0 Å². The molecule has 4 aliphatic heterocycles. The Morgan fingerprint density at radius 3 is 2.58 bits per heavy atom. The largest absolute Gasteiger partial charge is 0.390 e. The second kappa shape index (κ2) is 4.50. The minimum absolute atomic E-state index is 0.0570. The Kier molecular flexibility index (Phi) is 2.89. The lowest BCUT2D eigenvalue weighted by Gasteiger charge is -2.48. The number of fused-ring (bicyclic) bond motifs is 1. The molecular formula is C20H30O6. The van der Waals surface area contributed by atoms with E-state index in [0.29, 0.717) is 19.8 Å². The molecule has 0 bridgehead atoms. The van der Waals surface area contributed by atoms with Crippen molar-refractivity contribution in [2.75, 3.05) is 19.8 Å². The Morgan fingerprint density at radius 2 is 1.85 bits per heavy atom. The minimum Gasteiger partial charge on any atom is -0.390 e. The second-order valence-electron chi connectivity index (χ2n) is 10.7. The van der Waals surface area contributed by atoms with Crippen LogP contribution in [0.4, 0.5) is 0 Å². The Morgan fingerprint density at radius 1 is 1.08 bits per heavy atom. The summed E-state index contributed by atoms with van der Waals surface area (Å²) in [6.07, 6.45) is -1.56. The topological polar surface area (TPSA) is 77.4 Å². The van der Waals surface area contributed by atoms with Crippen molar-refractivity contribution in [3.05, 3.63) is 0 Å². The van der Waals surface area contributed by atoms with E-state index in [1.807, 2.05) is 0 Å². The molecule has 4 heterocycles. The normalized spacial score (nSPS) is 65.3. The summed E-state index contributed by atoms with van der Waals surface area (Å²) in [5, 5.41) is 23.2. The summed E-state index contributed by atoms with van der Waals surface area (Å²) in [5.74, 6) is 0.316. The summed E-state index contributed by atoms with van der Waals surface area (Å²) in [4.78, 5) is 0. The number of hydrogen-bond donors (Lipinski definition) is 2. The van der Waals surface area contributed by atoms with Crippen LogP contribution in [0.5, 0.6) is 0 Å². The van der Waals surface area contributed by atoms with Crippen molar-refractivity contribution < 1.29 is 29.2 Å². The van der Waals surface area contributed by atoms with Crippen LogP contribution in [0.2, 0.25) is 0 Å². The monoisotopic (exact) mass is 366 g/mol. The van der Waals surface area contributed by atoms with Crippen molar-refractivity contribution in [3.63, 3.8) is 0 Å². The summed E-state index contributed by atoms with van der Waals surface area (Å²) in [7, 11) is 0. The zero-order valence-electron chi connectivity index (χ0n) is 16.0. The summed E-state index contributed by atoms with van der Waals surface area (Å²) in [5.41, 5.74) is -1.86. The maximum Gasteiger partial charge on any atom is 0.165 e. The first kappa shape index (κ1) is 16.7. The van der Waals surface area contributed by atoms with Gasteiger partial charge in [-0.3, -0.25) is 0 Å². The molecule has 0 radical (unpaired) electrons. The van der Waals surface area contributed by atoms with Crippen LogP contribution < -0.4 is 0 Å². The van der Waals surface area contributed by atoms with Gasteiger partial charge in [0, 0.05) is 17.3 Å². The highest BCUT2D eigenvalue weighted by molar-refractivity contribution is 5.39. The Bertz CT molecular complexity index is 661. The SMILES string of the molecule is C[C@@H]1COC2C(O)C34C5OC[C@]3(OC3OCCC34[C@H](C(C)(C)C)[C@H]5O)[C@H]21. The fraction of sp³-hybridized carbons (Fsp3) is 1.00. The van der Waals surface area contributed by atoms with Crippen LogP contribution >= 0.6 is 0 Å². The van der Waals surface area contributed by atoms with E-state index in [-0.39, 0.29) is 35.6 Å². The lowest BCUT2D eigenvalue weighted by molar-refractivity contribution is -0.200. The summed E-state index contributed by atoms with van der Waals surface area (Å²) < 4.78 is 25.3. The van der Waals surface area contributed by atoms with Crippen molar-refractivity contribution in [1.82, 2.24) is 0 Å². The molecule has 2 aliphatic carbocycles. The molecule has 6 rings (SSSR count). The van der Waals surface area contributed by atoms with Crippen LogP contribution in [0.25, 0.3) is 0 Å². The van der Waals surface area contributed by atoms with E-state index in [9.17, 15) is 10.2 Å². The smallest absolute Gasteiger partial charge is 0.165 e. The molecule has 6 fully saturated rings. The van der Waals surface area contributed by atoms with Crippen molar-refractivity contribution in [2.24, 2.45) is 34.0 Å². The summed E-state index contributed by atoms with van der Waals surface area (Å²) in [6, 6.07) is 0. The lowest BCUT2D eigenvalue weighted by atomic mass is 9.52. The molecule has 2 spiro atoms. The molecule has 0 aromatic heterocycles. The number of ether oxygens (including phenoxy) is 4. The summed E-state index contributed by atoms with van der Waals surface area (Å²) in [6.45, 7) is 10.3. The fourth-order valence-corrected chi connectivity index (χ4v) is 8.73. The number of aliphatic hydroxyl groups excluding tert-OH is 2. The molecule has 0 amide bonds. The van der Waals surface area contributed by atoms with Gasteiger partial charge in [0.15, 0.2) is 6.29 Å². The van der Waals surface area contributed by atoms with Crippen molar-refractivity contribution in [1.29, 1.82) is 0 Å². The van der Waals surface area contributed by atoms with Crippen LogP contribution in [0.15, 0.2) is 0 Å². The average molecular weight is 366 g/mol. The van der Waals surface area contributed by atoms with Gasteiger partial charge >= 0.3 is 0 Å². The maximum atomic E-state index is 11.7. The predicted molar refractivity (Wildman–Crippen MR) is 90.1 cm³/mol. The number of hydrogen-bond acceptors (Lipinski definition) is 6. The number of aliphatic hydroxyl groups is 2. The Labute approximate surface area is 154 Å². The third-order valence-corrected chi connectivity index (χ3v) is 8.89. The third kappa shape index (κ3) is 1.31. The van der Waals surface area contributed by atoms with Gasteiger partial charge < -0.3 is 29.2 Å². The first-order chi connectivity index (χ1) is 12.2. The molecule has 6 nitrogen and oxygen atoms in total. The lowest BCUT2D eigenvalue weighted by Crippen LogP contribution is -2.58. The van der Waals surface area contributed by atoms with Crippen molar-refractivity contribution in [3.8, 4) is 0 Å². The standard InChI is InChI=1S/C20H30O6/c1-9-7-24-12-10(9)19-8-25-15-11(21)13(17(2,3)4)18(20(15,19)14(12)22)5-6-23-16(18)26-19/h9-16,21-22H,5-8H2,1-4H3/t9-,10+,11-,12?,13+,14?,15?,16?,18?,19+,20?/m1/s1. The van der Waals surface area contributed by atoms with Gasteiger partial charge in [0.2, 0.25) is 0 Å². The van der Waals surface area contributed by atoms with Gasteiger partial charge in [0.25, 0.3) is 0 Å². The second-order valence-corrected chi connectivity index (χ2v) is 10.7. The van der Waals surface area contributed by atoms with E-state index in [0.717, 1.165) is 6.42 Å². The molecule has 11 atom stereocenters. The Balaban J connectivity index is 1.65. The van der Waals surface area contributed by atoms with Gasteiger partial charge in [-0.15, -0.1) is 0 Å². The van der Waals surface area contributed by atoms with Crippen molar-refractivity contribution >= 4 is 0 Å². The van der Waals surface area contributed by atoms with Crippen LogP contribution in [-0.2, 0) is 18.9 Å². The molecule has 26 heavy (non-hydrogen) atoms. The van der Waals surface area contributed by atoms with Crippen LogP contribution in [0.1, 0.15) is 34.1 Å². The molecule has 6 aliphatic rings. The Hall–Kier alpha value is -0.240. The predicted octanol–water partition coefficient (Wildman–Crippen LogP) is 0.936. The van der Waals surface area contributed by atoms with Crippen molar-refractivity contribution in [2.45, 2.75) is 70.4 Å². The first-order valence-electron chi connectivity index (χ1n) is 10.1. The molecule has 0 aromatic rings. The molecule has 4 saturated heterocycles. The highest BCUT2D eigenvalue weighted by Gasteiger charge is 2.95. The van der Waals surface area contributed by atoms with Gasteiger partial charge in [-0.1, -0.05) is 27.7 Å². The van der Waals surface area contributed by atoms with E-state index in [1.165, 1.54) is 0 Å². The van der Waals surface area contributed by atoms with E-state index in [4.69, 9.17) is 18.9 Å². The molecule has 2 saturated carbocycles. The van der Waals surface area contributed by atoms with E-state index in [2.05, 4.69) is 27.7 Å². The minimum atomic E-state index is -0.696. The summed E-state index contributed by atoms with van der Waals surface area (Å²) >= 11 is 0. The quantitative estimate of drug-likeness (QED) is 0.664. The fourth-order valence-electron chi connectivity index (χ4n) is 8.73. The highest BCUT2D eigenvalue weighted by atomic mass is 16.7. The molecule has 2 N–H and O–H groups in total. The maximum absolute atomic E-state index is 11.7. The van der Waals surface area contributed by atoms with E-state index >= 15 is 0 Å². The van der Waals surface area contributed by atoms with Gasteiger partial charge in [-0.25, -0.2) is 0 Å². The highest BCUT2D eigenvalue weighted by Crippen LogP contribution is 2.83. The van der Waals surface area contributed by atoms with Crippen LogP contribution in [0, 0.1) is 34.0 Å². The van der Waals surface area contributed by atoms with E-state index < -0.39 is 34.7 Å². The van der Waals surface area contributed by atoms with Crippen LogP contribution in [-0.4, -0.2) is 66.3 Å². The average Bonchev–Trinajstić information content (AvgIpc) is 3.27. The molecule has 6 unspecified atom stereocenters. The molecule has 0 aromatic carbocycles. The van der Waals surface area contributed by atoms with Gasteiger partial charge in [0.05, 0.1) is 49.7 Å². The third-order valence-electron chi connectivity index (χ3n) is 8.89. The molecular weight excluding hydrogens is 336 g/mol. The molecule has 146 valence electrons. The number of rotatable bonds is 0. The van der Waals surface area contributed by atoms with Gasteiger partial charge in [0.1, 0.15) is 5.60 Å². The molecule has 6 heteroatoms. The zero-order chi connectivity index (χ0) is 18.3. The van der Waals surface area contributed by atoms with Gasteiger partial charge in [-0.2, -0.15) is 0 Å². The zero-order valence-corrected chi connectivity index (χ0v) is 16.0. The van der Waals surface area contributed by atoms with Gasteiger partial charge in [-0.05, 0) is 17.8 Å². The van der Waals surface area contributed by atoms with E-state index in [1.54, 1.807) is 0 Å². The first-order valence-corrected chi connectivity index (χ1v) is 10.1.